The zero-order valence-corrected chi connectivity index (χ0v) is 14.9. The molecule has 0 aliphatic rings. The molecule has 0 aliphatic heterocycles. The van der Waals surface area contributed by atoms with Crippen molar-refractivity contribution in [2.45, 2.75) is 6.92 Å². The lowest BCUT2D eigenvalue weighted by molar-refractivity contribution is 0.262. The van der Waals surface area contributed by atoms with Gasteiger partial charge in [0, 0.05) is 23.6 Å². The number of aryl methyl sites for hydroxylation is 1. The van der Waals surface area contributed by atoms with E-state index in [-0.39, 0.29) is 0 Å². The summed E-state index contributed by atoms with van der Waals surface area (Å²) < 4.78 is 29.3. The molecule has 0 unspecified atom stereocenters. The van der Waals surface area contributed by atoms with Crippen molar-refractivity contribution in [3.05, 3.63) is 84.2 Å². The van der Waals surface area contributed by atoms with Crippen LogP contribution >= 0.6 is 0 Å². The third-order valence-corrected chi connectivity index (χ3v) is 4.30. The number of anilines is 2. The zero-order chi connectivity index (χ0) is 19.7. The Morgan fingerprint density at radius 2 is 1.75 bits per heavy atom. The first-order valence-electron chi connectivity index (χ1n) is 8.58. The van der Waals surface area contributed by atoms with Crippen LogP contribution in [0.4, 0.5) is 25.0 Å². The summed E-state index contributed by atoms with van der Waals surface area (Å²) in [5.74, 6) is -1.69. The van der Waals surface area contributed by atoms with Crippen LogP contribution in [-0.4, -0.2) is 15.4 Å². The second-order valence-corrected chi connectivity index (χ2v) is 6.30. The minimum atomic E-state index is -0.844. The maximum Gasteiger partial charge on any atom is 0.323 e. The first kappa shape index (κ1) is 17.7. The first-order valence-corrected chi connectivity index (χ1v) is 8.58. The lowest BCUT2D eigenvalue weighted by Crippen LogP contribution is -2.20. The van der Waals surface area contributed by atoms with E-state index in [0.29, 0.717) is 5.69 Å². The number of carbonyl (C=O) groups is 1. The Morgan fingerprint density at radius 1 is 1.00 bits per heavy atom. The lowest BCUT2D eigenvalue weighted by atomic mass is 10.1. The monoisotopic (exact) mass is 378 g/mol. The smallest absolute Gasteiger partial charge is 0.308 e. The van der Waals surface area contributed by atoms with Gasteiger partial charge in [-0.15, -0.1) is 0 Å². The molecule has 7 heteroatoms. The zero-order valence-electron chi connectivity index (χ0n) is 14.9. The van der Waals surface area contributed by atoms with E-state index in [2.05, 4.69) is 15.6 Å². The molecule has 0 saturated heterocycles. The number of imidazole rings is 1. The summed E-state index contributed by atoms with van der Waals surface area (Å²) >= 11 is 0. The predicted molar refractivity (Wildman–Crippen MR) is 104 cm³/mol. The summed E-state index contributed by atoms with van der Waals surface area (Å²) in [6.45, 7) is 1.98. The molecule has 2 aromatic heterocycles. The van der Waals surface area contributed by atoms with E-state index < -0.39 is 23.4 Å². The quantitative estimate of drug-likeness (QED) is 0.513. The average Bonchev–Trinajstić information content (AvgIpc) is 3.11. The summed E-state index contributed by atoms with van der Waals surface area (Å²) in [6, 6.07) is 13.6. The normalized spacial score (nSPS) is 10.8. The van der Waals surface area contributed by atoms with Gasteiger partial charge < -0.3 is 15.0 Å². The first-order chi connectivity index (χ1) is 13.5. The SMILES string of the molecule is Cc1cccn2cc(-c3cccc(NC(=O)Nc4c(F)cccc4F)c3)nc12. The number of hydrogen-bond acceptors (Lipinski definition) is 2. The van der Waals surface area contributed by atoms with Crippen LogP contribution in [0.1, 0.15) is 5.56 Å². The Kier molecular flexibility index (Phi) is 4.49. The van der Waals surface area contributed by atoms with Crippen molar-refractivity contribution in [3.63, 3.8) is 0 Å². The number of fused-ring (bicyclic) bond motifs is 1. The highest BCUT2D eigenvalue weighted by Gasteiger charge is 2.12. The summed E-state index contributed by atoms with van der Waals surface area (Å²) in [5.41, 5.74) is 3.43. The fraction of sp³-hybridized carbons (Fsp3) is 0.0476. The predicted octanol–water partition coefficient (Wildman–Crippen LogP) is 5.23. The largest absolute Gasteiger partial charge is 0.323 e. The number of hydrogen-bond donors (Lipinski definition) is 2. The second-order valence-electron chi connectivity index (χ2n) is 6.30. The van der Waals surface area contributed by atoms with Crippen LogP contribution in [0.25, 0.3) is 16.9 Å². The number of carbonyl (C=O) groups excluding carboxylic acids is 1. The molecule has 2 heterocycles. The van der Waals surface area contributed by atoms with E-state index >= 15 is 0 Å². The molecule has 28 heavy (non-hydrogen) atoms. The van der Waals surface area contributed by atoms with Crippen LogP contribution in [0.5, 0.6) is 0 Å². The van der Waals surface area contributed by atoms with Gasteiger partial charge in [-0.05, 0) is 42.8 Å². The minimum Gasteiger partial charge on any atom is -0.308 e. The molecule has 5 nitrogen and oxygen atoms in total. The Balaban J connectivity index is 1.56. The number of benzene rings is 2. The van der Waals surface area contributed by atoms with Crippen LogP contribution in [0, 0.1) is 18.6 Å². The van der Waals surface area contributed by atoms with Crippen LogP contribution < -0.4 is 10.6 Å². The molecule has 2 amide bonds. The molecule has 0 spiro atoms. The number of pyridine rings is 1. The molecule has 2 N–H and O–H groups in total. The molecular weight excluding hydrogens is 362 g/mol. The highest BCUT2D eigenvalue weighted by atomic mass is 19.1. The van der Waals surface area contributed by atoms with Gasteiger partial charge in [-0.3, -0.25) is 0 Å². The highest BCUT2D eigenvalue weighted by molar-refractivity contribution is 6.00. The molecule has 0 atom stereocenters. The van der Waals surface area contributed by atoms with Gasteiger partial charge in [0.2, 0.25) is 0 Å². The van der Waals surface area contributed by atoms with E-state index in [1.165, 1.54) is 6.07 Å². The maximum absolute atomic E-state index is 13.7. The Morgan fingerprint density at radius 3 is 2.50 bits per heavy atom. The fourth-order valence-electron chi connectivity index (χ4n) is 2.94. The molecule has 2 aromatic carbocycles. The van der Waals surface area contributed by atoms with Gasteiger partial charge in [0.05, 0.1) is 5.69 Å². The van der Waals surface area contributed by atoms with E-state index in [4.69, 9.17) is 0 Å². The summed E-state index contributed by atoms with van der Waals surface area (Å²) in [6.07, 6.45) is 3.81. The Bertz CT molecular complexity index is 1170. The highest BCUT2D eigenvalue weighted by Crippen LogP contribution is 2.24. The second kappa shape index (κ2) is 7.11. The molecule has 0 fully saturated rings. The number of halogens is 2. The van der Waals surface area contributed by atoms with E-state index in [1.54, 1.807) is 18.2 Å². The summed E-state index contributed by atoms with van der Waals surface area (Å²) in [4.78, 5) is 16.8. The number of nitrogens with zero attached hydrogens (tertiary/aromatic N) is 2. The minimum absolute atomic E-state index is 0.473. The molecule has 4 rings (SSSR count). The van der Waals surface area contributed by atoms with Gasteiger partial charge in [-0.2, -0.15) is 0 Å². The lowest BCUT2D eigenvalue weighted by Gasteiger charge is -2.10. The molecule has 0 aliphatic carbocycles. The van der Waals surface area contributed by atoms with Crippen LogP contribution in [0.2, 0.25) is 0 Å². The summed E-state index contributed by atoms with van der Waals surface area (Å²) in [5, 5.41) is 4.78. The van der Waals surface area contributed by atoms with Crippen molar-refractivity contribution in [2.75, 3.05) is 10.6 Å². The van der Waals surface area contributed by atoms with Crippen LogP contribution in [0.15, 0.2) is 67.0 Å². The van der Waals surface area contributed by atoms with Crippen molar-refractivity contribution in [1.29, 1.82) is 0 Å². The molecule has 0 bridgehead atoms. The van der Waals surface area contributed by atoms with Crippen LogP contribution in [-0.2, 0) is 0 Å². The number of rotatable bonds is 3. The topological polar surface area (TPSA) is 58.4 Å². The van der Waals surface area contributed by atoms with Crippen LogP contribution in [0.3, 0.4) is 0 Å². The van der Waals surface area contributed by atoms with Crippen molar-refractivity contribution in [3.8, 4) is 11.3 Å². The van der Waals surface area contributed by atoms with Crippen molar-refractivity contribution in [2.24, 2.45) is 0 Å². The van der Waals surface area contributed by atoms with Crippen molar-refractivity contribution >= 4 is 23.1 Å². The maximum atomic E-state index is 13.7. The Hall–Kier alpha value is -3.74. The number of amides is 2. The Labute approximate surface area is 159 Å². The third-order valence-electron chi connectivity index (χ3n) is 4.30. The summed E-state index contributed by atoms with van der Waals surface area (Å²) in [7, 11) is 0. The van der Waals surface area contributed by atoms with Gasteiger partial charge in [-0.25, -0.2) is 18.6 Å². The number of urea groups is 1. The van der Waals surface area contributed by atoms with Gasteiger partial charge in [0.15, 0.2) is 0 Å². The van der Waals surface area contributed by atoms with Gasteiger partial charge in [0.1, 0.15) is 23.0 Å². The molecular formula is C21H16F2N4O. The van der Waals surface area contributed by atoms with Gasteiger partial charge in [-0.1, -0.05) is 24.3 Å². The molecule has 0 radical (unpaired) electrons. The third kappa shape index (κ3) is 3.42. The fourth-order valence-corrected chi connectivity index (χ4v) is 2.94. The number of nitrogens with one attached hydrogen (secondary N) is 2. The number of aromatic nitrogens is 2. The van der Waals surface area contributed by atoms with E-state index in [9.17, 15) is 13.6 Å². The average molecular weight is 378 g/mol. The van der Waals surface area contributed by atoms with E-state index in [0.717, 1.165) is 34.6 Å². The van der Waals surface area contributed by atoms with Crippen molar-refractivity contribution < 1.29 is 13.6 Å². The van der Waals surface area contributed by atoms with E-state index in [1.807, 2.05) is 41.9 Å². The molecule has 4 aromatic rings. The van der Waals surface area contributed by atoms with Crippen molar-refractivity contribution in [1.82, 2.24) is 9.38 Å². The number of para-hydroxylation sites is 1. The molecule has 140 valence electrons. The van der Waals surface area contributed by atoms with Gasteiger partial charge in [0.25, 0.3) is 0 Å². The molecule has 0 saturated carbocycles. The van der Waals surface area contributed by atoms with Gasteiger partial charge >= 0.3 is 6.03 Å². The standard InChI is InChI=1S/C21H16F2N4O/c1-13-5-4-10-27-12-18(25-20(13)27)14-6-2-7-15(11-14)24-21(28)26-19-16(22)8-3-9-17(19)23/h2-12H,1H3,(H2,24,26,28).